The second-order valence-corrected chi connectivity index (χ2v) is 4.48. The van der Waals surface area contributed by atoms with Crippen LogP contribution in [-0.2, 0) is 0 Å². The molecule has 3 N–H and O–H groups in total. The van der Waals surface area contributed by atoms with Crippen LogP contribution in [0.1, 0.15) is 15.9 Å². The van der Waals surface area contributed by atoms with Crippen molar-refractivity contribution in [2.24, 2.45) is 0 Å². The Hall–Kier alpha value is -2.82. The van der Waals surface area contributed by atoms with E-state index in [0.717, 1.165) is 5.52 Å². The van der Waals surface area contributed by atoms with E-state index in [2.05, 4.69) is 10.2 Å². The van der Waals surface area contributed by atoms with Gasteiger partial charge in [0, 0.05) is 10.9 Å². The summed E-state index contributed by atoms with van der Waals surface area (Å²) in [5.41, 5.74) is 2.10. The molecule has 1 heterocycles. The van der Waals surface area contributed by atoms with E-state index < -0.39 is 0 Å². The number of H-pyrrole nitrogens is 1. The molecule has 1 aliphatic carbocycles. The molecule has 19 heavy (non-hydrogen) atoms. The van der Waals surface area contributed by atoms with Gasteiger partial charge in [0.15, 0.2) is 5.78 Å². The molecule has 2 aromatic carbocycles. The molecular weight excluding hydrogens is 244 g/mol. The molecular formula is C14H8N2O3. The number of rotatable bonds is 0. The second kappa shape index (κ2) is 3.14. The molecule has 0 spiro atoms. The summed E-state index contributed by atoms with van der Waals surface area (Å²) >= 11 is 0. The van der Waals surface area contributed by atoms with Crippen LogP contribution in [0.2, 0.25) is 0 Å². The summed E-state index contributed by atoms with van der Waals surface area (Å²) < 4.78 is 0. The molecule has 0 radical (unpaired) electrons. The minimum Gasteiger partial charge on any atom is -0.507 e. The highest BCUT2D eigenvalue weighted by atomic mass is 16.3. The van der Waals surface area contributed by atoms with Gasteiger partial charge in [0.2, 0.25) is 0 Å². The number of aromatic hydroxyl groups is 2. The first-order valence-electron chi connectivity index (χ1n) is 5.75. The summed E-state index contributed by atoms with van der Waals surface area (Å²) in [6.45, 7) is 0. The van der Waals surface area contributed by atoms with E-state index in [1.165, 1.54) is 12.1 Å². The molecule has 92 valence electrons. The SMILES string of the molecule is O=C1c2c(O)ccc(O)c2-c2n[nH]c3cccc1c23. The fourth-order valence-corrected chi connectivity index (χ4v) is 2.63. The van der Waals surface area contributed by atoms with Crippen LogP contribution in [0.5, 0.6) is 11.5 Å². The molecule has 0 fully saturated rings. The zero-order chi connectivity index (χ0) is 13.1. The van der Waals surface area contributed by atoms with Gasteiger partial charge in [-0.2, -0.15) is 5.10 Å². The average molecular weight is 252 g/mol. The van der Waals surface area contributed by atoms with E-state index in [4.69, 9.17) is 0 Å². The molecule has 0 unspecified atom stereocenters. The van der Waals surface area contributed by atoms with Crippen LogP contribution >= 0.6 is 0 Å². The lowest BCUT2D eigenvalue weighted by Gasteiger charge is -2.16. The summed E-state index contributed by atoms with van der Waals surface area (Å²) in [4.78, 5) is 12.5. The summed E-state index contributed by atoms with van der Waals surface area (Å²) in [5, 5.41) is 27.5. The highest BCUT2D eigenvalue weighted by Crippen LogP contribution is 2.45. The predicted octanol–water partition coefficient (Wildman–Crippen LogP) is 2.19. The van der Waals surface area contributed by atoms with E-state index in [1.807, 2.05) is 6.07 Å². The number of benzene rings is 2. The predicted molar refractivity (Wildman–Crippen MR) is 68.3 cm³/mol. The molecule has 1 aromatic heterocycles. The Morgan fingerprint density at radius 2 is 1.74 bits per heavy atom. The molecule has 0 amide bonds. The van der Waals surface area contributed by atoms with Crippen LogP contribution in [0.3, 0.4) is 0 Å². The van der Waals surface area contributed by atoms with Crippen LogP contribution in [0.4, 0.5) is 0 Å². The third-order valence-corrected chi connectivity index (χ3v) is 3.46. The number of nitrogens with zero attached hydrogens (tertiary/aromatic N) is 1. The molecule has 0 saturated carbocycles. The van der Waals surface area contributed by atoms with Gasteiger partial charge in [0.25, 0.3) is 0 Å². The monoisotopic (exact) mass is 252 g/mol. The van der Waals surface area contributed by atoms with Crippen molar-refractivity contribution in [2.75, 3.05) is 0 Å². The Kier molecular flexibility index (Phi) is 1.67. The number of fused-ring (bicyclic) bond motifs is 2. The lowest BCUT2D eigenvalue weighted by molar-refractivity contribution is 0.103. The third-order valence-electron chi connectivity index (χ3n) is 3.46. The number of nitrogens with one attached hydrogen (secondary N) is 1. The third kappa shape index (κ3) is 1.09. The van der Waals surface area contributed by atoms with E-state index in [0.29, 0.717) is 16.6 Å². The number of aromatic nitrogens is 2. The molecule has 0 atom stereocenters. The fraction of sp³-hybridized carbons (Fsp3) is 0. The van der Waals surface area contributed by atoms with Gasteiger partial charge in [0.05, 0.1) is 16.6 Å². The molecule has 3 aromatic rings. The van der Waals surface area contributed by atoms with Crippen molar-refractivity contribution in [1.29, 1.82) is 0 Å². The van der Waals surface area contributed by atoms with Gasteiger partial charge in [0.1, 0.15) is 17.2 Å². The molecule has 1 aliphatic rings. The number of carbonyl (C=O) groups is 1. The number of phenols is 2. The first-order valence-corrected chi connectivity index (χ1v) is 5.75. The Balaban J connectivity index is 2.28. The van der Waals surface area contributed by atoms with E-state index >= 15 is 0 Å². The van der Waals surface area contributed by atoms with Crippen molar-refractivity contribution in [2.45, 2.75) is 0 Å². The van der Waals surface area contributed by atoms with Crippen LogP contribution < -0.4 is 0 Å². The first kappa shape index (κ1) is 10.1. The highest BCUT2D eigenvalue weighted by Gasteiger charge is 2.31. The first-order chi connectivity index (χ1) is 9.18. The van der Waals surface area contributed by atoms with Gasteiger partial charge in [-0.1, -0.05) is 12.1 Å². The summed E-state index contributed by atoms with van der Waals surface area (Å²) in [5.74, 6) is -0.518. The fourth-order valence-electron chi connectivity index (χ4n) is 2.63. The van der Waals surface area contributed by atoms with Crippen LogP contribution in [-0.4, -0.2) is 26.2 Å². The highest BCUT2D eigenvalue weighted by molar-refractivity contribution is 6.26. The van der Waals surface area contributed by atoms with Crippen molar-refractivity contribution in [3.63, 3.8) is 0 Å². The van der Waals surface area contributed by atoms with E-state index in [1.54, 1.807) is 12.1 Å². The lowest BCUT2D eigenvalue weighted by Crippen LogP contribution is -2.09. The largest absolute Gasteiger partial charge is 0.507 e. The Morgan fingerprint density at radius 1 is 1.00 bits per heavy atom. The van der Waals surface area contributed by atoms with Crippen molar-refractivity contribution < 1.29 is 15.0 Å². The molecule has 4 rings (SSSR count). The number of aromatic amines is 1. The van der Waals surface area contributed by atoms with Gasteiger partial charge in [-0.05, 0) is 18.2 Å². The molecule has 5 nitrogen and oxygen atoms in total. The maximum absolute atomic E-state index is 12.5. The Morgan fingerprint density at radius 3 is 2.53 bits per heavy atom. The van der Waals surface area contributed by atoms with Crippen molar-refractivity contribution in [3.05, 3.63) is 41.5 Å². The zero-order valence-electron chi connectivity index (χ0n) is 9.64. The van der Waals surface area contributed by atoms with Crippen molar-refractivity contribution >= 4 is 16.7 Å². The van der Waals surface area contributed by atoms with Crippen LogP contribution in [0.15, 0.2) is 30.3 Å². The Labute approximate surface area is 107 Å². The molecule has 0 aliphatic heterocycles. The molecule has 0 bridgehead atoms. The second-order valence-electron chi connectivity index (χ2n) is 4.48. The zero-order valence-corrected chi connectivity index (χ0v) is 9.64. The van der Waals surface area contributed by atoms with Gasteiger partial charge in [-0.15, -0.1) is 0 Å². The van der Waals surface area contributed by atoms with Gasteiger partial charge in [-0.3, -0.25) is 9.89 Å². The smallest absolute Gasteiger partial charge is 0.198 e. The minimum absolute atomic E-state index is 0.0657. The normalized spacial score (nSPS) is 12.7. The Bertz CT molecular complexity index is 864. The van der Waals surface area contributed by atoms with Gasteiger partial charge >= 0.3 is 0 Å². The maximum atomic E-state index is 12.5. The molecule has 0 saturated heterocycles. The number of ketones is 1. The molecule has 5 heteroatoms. The summed E-state index contributed by atoms with van der Waals surface area (Å²) in [7, 11) is 0. The van der Waals surface area contributed by atoms with Gasteiger partial charge in [-0.25, -0.2) is 0 Å². The van der Waals surface area contributed by atoms with Gasteiger partial charge < -0.3 is 10.2 Å². The van der Waals surface area contributed by atoms with Crippen molar-refractivity contribution in [3.8, 4) is 22.8 Å². The van der Waals surface area contributed by atoms with E-state index in [-0.39, 0.29) is 28.4 Å². The number of hydrogen-bond donors (Lipinski definition) is 3. The minimum atomic E-state index is -0.303. The standard InChI is InChI=1S/C14H8N2O3/c17-8-4-5-9(18)12-11(8)13-10-6(14(12)19)2-1-3-7(10)15-16-13/h1-5,17-18H,(H,15,16). The average Bonchev–Trinajstić information content (AvgIpc) is 2.83. The van der Waals surface area contributed by atoms with Crippen molar-refractivity contribution in [1.82, 2.24) is 10.2 Å². The topological polar surface area (TPSA) is 86.2 Å². The summed E-state index contributed by atoms with van der Waals surface area (Å²) in [6.07, 6.45) is 0. The number of hydrogen-bond acceptors (Lipinski definition) is 4. The summed E-state index contributed by atoms with van der Waals surface area (Å²) in [6, 6.07) is 7.92. The lowest BCUT2D eigenvalue weighted by atomic mass is 9.86. The number of phenolic OH excluding ortho intramolecular Hbond substituents is 2. The number of carbonyl (C=O) groups excluding carboxylic acids is 1. The van der Waals surface area contributed by atoms with Crippen LogP contribution in [0, 0.1) is 0 Å². The quantitative estimate of drug-likeness (QED) is 0.419. The van der Waals surface area contributed by atoms with Crippen LogP contribution in [0.25, 0.3) is 22.2 Å². The maximum Gasteiger partial charge on any atom is 0.198 e. The van der Waals surface area contributed by atoms with E-state index in [9.17, 15) is 15.0 Å².